The van der Waals surface area contributed by atoms with Crippen LogP contribution in [0.3, 0.4) is 0 Å². The molecule has 0 bridgehead atoms. The average molecular weight is 192 g/mol. The minimum Gasteiger partial charge on any atom is -0.442 e. The molecule has 74 valence electrons. The van der Waals surface area contributed by atoms with Crippen molar-refractivity contribution in [1.82, 2.24) is 4.90 Å². The maximum atomic E-state index is 11.3. The van der Waals surface area contributed by atoms with E-state index >= 15 is 0 Å². The summed E-state index contributed by atoms with van der Waals surface area (Å²) < 4.78 is 4.52. The Morgan fingerprint density at radius 2 is 2.07 bits per heavy atom. The Kier molecular flexibility index (Phi) is 2.76. The second kappa shape index (κ2) is 3.42. The highest BCUT2D eigenvalue weighted by Crippen LogP contribution is 2.19. The summed E-state index contributed by atoms with van der Waals surface area (Å²) in [6.45, 7) is 21.5. The highest BCUT2D eigenvalue weighted by molar-refractivity contribution is 5.69. The fourth-order valence-corrected chi connectivity index (χ4v) is 1.23. The Bertz CT molecular complexity index is 231. The van der Waals surface area contributed by atoms with E-state index in [4.69, 9.17) is 33.4 Å². The van der Waals surface area contributed by atoms with Gasteiger partial charge in [-0.2, -0.15) is 0 Å². The molecule has 4 heteroatoms. The molecule has 0 aromatic heterocycles. The molecule has 8 radical (unpaired) electrons. The van der Waals surface area contributed by atoms with Crippen LogP contribution in [0.25, 0.3) is 0 Å². The first kappa shape index (κ1) is 11.3. The Hall–Kier alpha value is -0.770. The normalized spacial score (nSPS) is 27.9. The molecular weight excluding hydrogens is 180 g/mol. The van der Waals surface area contributed by atoms with Gasteiger partial charge in [0.1, 0.15) is 5.60 Å². The van der Waals surface area contributed by atoms with Crippen molar-refractivity contribution in [3.8, 4) is 0 Å². The van der Waals surface area contributed by atoms with Crippen LogP contribution >= 0.6 is 0 Å². The molecule has 1 saturated heterocycles. The van der Waals surface area contributed by atoms with Crippen LogP contribution in [0.2, 0.25) is 0 Å². The highest BCUT2D eigenvalue weighted by Gasteiger charge is 2.35. The van der Waals surface area contributed by atoms with E-state index in [1.54, 1.807) is 0 Å². The molecule has 14 heavy (non-hydrogen) atoms. The fraction of sp³-hybridized carbons (Fsp3) is 0.500. The van der Waals surface area contributed by atoms with Crippen LogP contribution in [0, 0.1) is 27.7 Å². The van der Waals surface area contributed by atoms with Gasteiger partial charge in [0.25, 0.3) is 0 Å². The molecule has 1 unspecified atom stereocenters. The first-order valence-corrected chi connectivity index (χ1v) is 4.12. The largest absolute Gasteiger partial charge is 0.442 e. The molecule has 1 fully saturated rings. The lowest BCUT2D eigenvalue weighted by Crippen LogP contribution is -2.42. The Labute approximate surface area is 85.4 Å². The van der Waals surface area contributed by atoms with Crippen molar-refractivity contribution in [2.75, 3.05) is 13.1 Å². The summed E-state index contributed by atoms with van der Waals surface area (Å²) in [5, 5.41) is 0. The second-order valence-corrected chi connectivity index (χ2v) is 3.63. The van der Waals surface area contributed by atoms with Crippen LogP contribution in [-0.4, -0.2) is 35.2 Å². The predicted octanol–water partition coefficient (Wildman–Crippen LogP) is 0.109. The highest BCUT2D eigenvalue weighted by atomic mass is 16.6. The molecule has 0 aromatic rings. The number of carbonyl (C=O) groups excluding carboxylic acids is 1. The number of carbonyl (C=O) groups is 1. The smallest absolute Gasteiger partial charge is 0.410 e. The predicted molar refractivity (Wildman–Crippen MR) is 49.5 cm³/mol. The summed E-state index contributed by atoms with van der Waals surface area (Å²) in [5.41, 5.74) is 2.76. The molecule has 0 aromatic carbocycles. The van der Waals surface area contributed by atoms with Gasteiger partial charge >= 0.3 is 6.09 Å². The third-order valence-electron chi connectivity index (χ3n) is 1.85. The summed E-state index contributed by atoms with van der Waals surface area (Å²) >= 11 is 0. The van der Waals surface area contributed by atoms with Gasteiger partial charge in [-0.15, -0.1) is 0 Å². The SMILES string of the molecule is [CH]C1(N)CCN(C(=O)OC([CH])([CH])[CH])C1. The molecule has 4 nitrogen and oxygen atoms in total. The van der Waals surface area contributed by atoms with Gasteiger partial charge in [0.05, 0.1) is 0 Å². The van der Waals surface area contributed by atoms with Crippen LogP contribution in [-0.2, 0) is 4.74 Å². The lowest BCUT2D eigenvalue weighted by Gasteiger charge is -2.24. The third-order valence-corrected chi connectivity index (χ3v) is 1.85. The summed E-state index contributed by atoms with van der Waals surface area (Å²) in [7, 11) is 0. The van der Waals surface area contributed by atoms with Gasteiger partial charge in [-0.05, 0) is 13.3 Å². The Balaban J connectivity index is 2.48. The van der Waals surface area contributed by atoms with Crippen molar-refractivity contribution >= 4 is 6.09 Å². The maximum Gasteiger partial charge on any atom is 0.410 e. The van der Waals surface area contributed by atoms with E-state index in [-0.39, 0.29) is 6.54 Å². The van der Waals surface area contributed by atoms with Crippen molar-refractivity contribution in [3.05, 3.63) is 27.7 Å². The van der Waals surface area contributed by atoms with Crippen LogP contribution in [0.1, 0.15) is 6.42 Å². The average Bonchev–Trinajstić information content (AvgIpc) is 2.26. The van der Waals surface area contributed by atoms with Crippen molar-refractivity contribution in [3.63, 3.8) is 0 Å². The maximum absolute atomic E-state index is 11.3. The molecule has 2 N–H and O–H groups in total. The zero-order valence-corrected chi connectivity index (χ0v) is 7.77. The monoisotopic (exact) mass is 192 g/mol. The van der Waals surface area contributed by atoms with Crippen molar-refractivity contribution in [1.29, 1.82) is 0 Å². The van der Waals surface area contributed by atoms with Gasteiger partial charge in [0, 0.05) is 39.4 Å². The van der Waals surface area contributed by atoms with Crippen LogP contribution in [0.4, 0.5) is 4.79 Å². The molecule has 1 heterocycles. The van der Waals surface area contributed by atoms with Gasteiger partial charge in [-0.1, -0.05) is 0 Å². The van der Waals surface area contributed by atoms with Gasteiger partial charge in [-0.25, -0.2) is 4.79 Å². The molecular formula is C10H12N2O2. The fourth-order valence-electron chi connectivity index (χ4n) is 1.23. The number of amides is 1. The summed E-state index contributed by atoms with van der Waals surface area (Å²) in [6, 6.07) is 0. The lowest BCUT2D eigenvalue weighted by molar-refractivity contribution is 0.0694. The van der Waals surface area contributed by atoms with Crippen molar-refractivity contribution in [2.45, 2.75) is 17.6 Å². The zero-order chi connectivity index (χ0) is 11.0. The molecule has 0 saturated carbocycles. The summed E-state index contributed by atoms with van der Waals surface area (Å²) in [6.07, 6.45) is -0.218. The van der Waals surface area contributed by atoms with Crippen molar-refractivity contribution < 1.29 is 9.53 Å². The minimum atomic E-state index is -1.97. The number of likely N-dealkylation sites (tertiary alicyclic amines) is 1. The first-order chi connectivity index (χ1) is 6.20. The van der Waals surface area contributed by atoms with Gasteiger partial charge in [-0.3, -0.25) is 0 Å². The van der Waals surface area contributed by atoms with Gasteiger partial charge < -0.3 is 15.4 Å². The second-order valence-electron chi connectivity index (χ2n) is 3.63. The van der Waals surface area contributed by atoms with Crippen LogP contribution in [0.5, 0.6) is 0 Å². The van der Waals surface area contributed by atoms with E-state index < -0.39 is 17.2 Å². The Morgan fingerprint density at radius 1 is 1.50 bits per heavy atom. The third kappa shape index (κ3) is 3.18. The van der Waals surface area contributed by atoms with E-state index in [1.165, 1.54) is 4.90 Å². The quantitative estimate of drug-likeness (QED) is 0.641. The molecule has 0 spiro atoms. The molecule has 1 atom stereocenters. The molecule has 1 amide bonds. The van der Waals surface area contributed by atoms with E-state index in [0.717, 1.165) is 0 Å². The van der Waals surface area contributed by atoms with Gasteiger partial charge in [0.2, 0.25) is 0 Å². The van der Waals surface area contributed by atoms with E-state index in [1.807, 2.05) is 0 Å². The number of hydrogen-bond donors (Lipinski definition) is 1. The number of rotatable bonds is 1. The lowest BCUT2D eigenvalue weighted by atomic mass is 10.0. The van der Waals surface area contributed by atoms with E-state index in [0.29, 0.717) is 13.0 Å². The minimum absolute atomic E-state index is 0.196. The number of nitrogens with zero attached hydrogens (tertiary/aromatic N) is 1. The van der Waals surface area contributed by atoms with E-state index in [9.17, 15) is 4.79 Å². The standard InChI is InChI=1S/C10H12N2O2/c1-9(2,3)14-8(13)12-6-5-10(4,11)7-12/h1-4H,5-7,11H2. The number of ether oxygens (including phenoxy) is 1. The van der Waals surface area contributed by atoms with Gasteiger partial charge in [0.15, 0.2) is 0 Å². The van der Waals surface area contributed by atoms with E-state index in [2.05, 4.69) is 4.74 Å². The number of nitrogens with two attached hydrogens (primary N) is 1. The molecule has 0 aliphatic carbocycles. The zero-order valence-electron chi connectivity index (χ0n) is 7.77. The molecule has 1 aliphatic rings. The topological polar surface area (TPSA) is 55.6 Å². The number of hydrogen-bond acceptors (Lipinski definition) is 3. The van der Waals surface area contributed by atoms with Crippen LogP contribution in [0.15, 0.2) is 0 Å². The first-order valence-electron chi connectivity index (χ1n) is 4.12. The van der Waals surface area contributed by atoms with Crippen LogP contribution < -0.4 is 5.73 Å². The Morgan fingerprint density at radius 3 is 2.43 bits per heavy atom. The molecule has 1 aliphatic heterocycles. The summed E-state index contributed by atoms with van der Waals surface area (Å²) in [5.74, 6) is 0. The summed E-state index contributed by atoms with van der Waals surface area (Å²) in [4.78, 5) is 12.6. The molecule has 1 rings (SSSR count). The van der Waals surface area contributed by atoms with Crippen molar-refractivity contribution in [2.24, 2.45) is 5.73 Å².